The van der Waals surface area contributed by atoms with Crippen LogP contribution >= 0.6 is 11.6 Å². The molecule has 0 atom stereocenters. The van der Waals surface area contributed by atoms with Crippen LogP contribution in [0.2, 0.25) is 5.15 Å². The number of rotatable bonds is 0. The Hall–Kier alpha value is -1.28. The number of nitrogens with two attached hydrogens (primary N) is 1. The minimum atomic E-state index is 0.457. The maximum atomic E-state index is 5.87. The lowest BCUT2D eigenvalue weighted by Gasteiger charge is -1.99. The van der Waals surface area contributed by atoms with Gasteiger partial charge in [-0.25, -0.2) is 4.98 Å². The zero-order chi connectivity index (χ0) is 8.55. The fourth-order valence-corrected chi connectivity index (χ4v) is 1.45. The summed E-state index contributed by atoms with van der Waals surface area (Å²) in [7, 11) is 0. The van der Waals surface area contributed by atoms with E-state index in [4.69, 9.17) is 17.3 Å². The number of nitrogen functional groups attached to an aromatic ring is 1. The molecule has 2 N–H and O–H groups in total. The van der Waals surface area contributed by atoms with Gasteiger partial charge in [0.2, 0.25) is 0 Å². The second kappa shape index (κ2) is 2.64. The van der Waals surface area contributed by atoms with Crippen molar-refractivity contribution >= 4 is 28.2 Å². The number of halogens is 1. The molecule has 0 spiro atoms. The Morgan fingerprint density at radius 2 is 2.00 bits per heavy atom. The maximum absolute atomic E-state index is 5.87. The van der Waals surface area contributed by atoms with E-state index in [0.29, 0.717) is 11.0 Å². The molecule has 0 aliphatic carbocycles. The predicted molar refractivity (Wildman–Crippen MR) is 51.2 cm³/mol. The van der Waals surface area contributed by atoms with Gasteiger partial charge in [0.1, 0.15) is 11.0 Å². The number of pyridine rings is 1. The van der Waals surface area contributed by atoms with Crippen molar-refractivity contribution in [2.24, 2.45) is 0 Å². The molecule has 3 heteroatoms. The highest BCUT2D eigenvalue weighted by atomic mass is 35.5. The molecule has 1 heterocycles. The molecule has 2 nitrogen and oxygen atoms in total. The highest BCUT2D eigenvalue weighted by Crippen LogP contribution is 2.22. The van der Waals surface area contributed by atoms with Crippen LogP contribution in [-0.2, 0) is 0 Å². The molecule has 0 bridgehead atoms. The van der Waals surface area contributed by atoms with Crippen molar-refractivity contribution in [1.29, 1.82) is 0 Å². The SMILES string of the molecule is Nc1cc2ccccc2c(Cl)n1. The predicted octanol–water partition coefficient (Wildman–Crippen LogP) is 2.47. The van der Waals surface area contributed by atoms with Gasteiger partial charge >= 0.3 is 0 Å². The smallest absolute Gasteiger partial charge is 0.139 e. The quantitative estimate of drug-likeness (QED) is 0.630. The second-order valence-corrected chi connectivity index (χ2v) is 2.92. The standard InChI is InChI=1S/C9H7ClN2/c10-9-7-4-2-1-3-6(7)5-8(11)12-9/h1-5H,(H2,11,12). The largest absolute Gasteiger partial charge is 0.384 e. The van der Waals surface area contributed by atoms with Crippen LogP contribution in [0.5, 0.6) is 0 Å². The topological polar surface area (TPSA) is 38.9 Å². The first kappa shape index (κ1) is 7.37. The lowest BCUT2D eigenvalue weighted by molar-refractivity contribution is 1.37. The van der Waals surface area contributed by atoms with E-state index in [2.05, 4.69) is 4.98 Å². The normalized spacial score (nSPS) is 10.4. The first-order valence-corrected chi connectivity index (χ1v) is 3.96. The van der Waals surface area contributed by atoms with Gasteiger partial charge < -0.3 is 5.73 Å². The summed E-state index contributed by atoms with van der Waals surface area (Å²) in [6.45, 7) is 0. The first-order chi connectivity index (χ1) is 5.77. The average Bonchev–Trinajstić information content (AvgIpc) is 2.04. The van der Waals surface area contributed by atoms with E-state index in [0.717, 1.165) is 10.8 Å². The van der Waals surface area contributed by atoms with Crippen LogP contribution < -0.4 is 5.73 Å². The minimum Gasteiger partial charge on any atom is -0.384 e. The van der Waals surface area contributed by atoms with E-state index in [-0.39, 0.29) is 0 Å². The molecule has 2 aromatic rings. The Balaban J connectivity index is 2.89. The third-order valence-corrected chi connectivity index (χ3v) is 2.00. The summed E-state index contributed by atoms with van der Waals surface area (Å²) in [6, 6.07) is 9.55. The van der Waals surface area contributed by atoms with Crippen molar-refractivity contribution in [3.05, 3.63) is 35.5 Å². The summed E-state index contributed by atoms with van der Waals surface area (Å²) in [4.78, 5) is 3.94. The van der Waals surface area contributed by atoms with Gasteiger partial charge in [-0.2, -0.15) is 0 Å². The fraction of sp³-hybridized carbons (Fsp3) is 0. The molecular formula is C9H7ClN2. The van der Waals surface area contributed by atoms with Gasteiger partial charge in [-0.1, -0.05) is 35.9 Å². The van der Waals surface area contributed by atoms with Crippen molar-refractivity contribution in [3.8, 4) is 0 Å². The van der Waals surface area contributed by atoms with E-state index in [9.17, 15) is 0 Å². The Bertz CT molecular complexity index is 426. The van der Waals surface area contributed by atoms with Crippen LogP contribution in [0, 0.1) is 0 Å². The monoisotopic (exact) mass is 178 g/mol. The number of benzene rings is 1. The number of hydrogen-bond donors (Lipinski definition) is 1. The molecule has 12 heavy (non-hydrogen) atoms. The molecular weight excluding hydrogens is 172 g/mol. The molecule has 0 saturated carbocycles. The number of fused-ring (bicyclic) bond motifs is 1. The molecule has 60 valence electrons. The molecule has 0 aliphatic rings. The number of aromatic nitrogens is 1. The summed E-state index contributed by atoms with van der Waals surface area (Å²) in [5, 5.41) is 2.42. The summed E-state index contributed by atoms with van der Waals surface area (Å²) in [5.74, 6) is 0.457. The van der Waals surface area contributed by atoms with E-state index >= 15 is 0 Å². The van der Waals surface area contributed by atoms with Crippen LogP contribution in [0.3, 0.4) is 0 Å². The molecule has 2 rings (SSSR count). The molecule has 0 amide bonds. The third kappa shape index (κ3) is 1.10. The molecule has 0 saturated heterocycles. The van der Waals surface area contributed by atoms with E-state index in [1.807, 2.05) is 24.3 Å². The van der Waals surface area contributed by atoms with Crippen LogP contribution in [0.25, 0.3) is 10.8 Å². The Morgan fingerprint density at radius 1 is 1.25 bits per heavy atom. The first-order valence-electron chi connectivity index (χ1n) is 3.58. The number of nitrogens with zero attached hydrogens (tertiary/aromatic N) is 1. The van der Waals surface area contributed by atoms with Gasteiger partial charge in [-0.3, -0.25) is 0 Å². The van der Waals surface area contributed by atoms with Gasteiger partial charge in [-0.05, 0) is 11.5 Å². The number of anilines is 1. The lowest BCUT2D eigenvalue weighted by Crippen LogP contribution is -1.90. The number of hydrogen-bond acceptors (Lipinski definition) is 2. The average molecular weight is 179 g/mol. The highest BCUT2D eigenvalue weighted by molar-refractivity contribution is 6.34. The Labute approximate surface area is 75.0 Å². The summed E-state index contributed by atoms with van der Waals surface area (Å²) in [5.41, 5.74) is 5.53. The maximum Gasteiger partial charge on any atom is 0.139 e. The lowest BCUT2D eigenvalue weighted by atomic mass is 10.2. The molecule has 0 radical (unpaired) electrons. The summed E-state index contributed by atoms with van der Waals surface area (Å²) < 4.78 is 0. The van der Waals surface area contributed by atoms with Crippen molar-refractivity contribution in [2.45, 2.75) is 0 Å². The van der Waals surface area contributed by atoms with Crippen molar-refractivity contribution in [1.82, 2.24) is 4.98 Å². The van der Waals surface area contributed by atoms with E-state index < -0.39 is 0 Å². The van der Waals surface area contributed by atoms with Crippen molar-refractivity contribution in [3.63, 3.8) is 0 Å². The Kier molecular flexibility index (Phi) is 1.62. The van der Waals surface area contributed by atoms with Crippen molar-refractivity contribution in [2.75, 3.05) is 5.73 Å². The van der Waals surface area contributed by atoms with Gasteiger partial charge in [0, 0.05) is 5.39 Å². The minimum absolute atomic E-state index is 0.457. The summed E-state index contributed by atoms with van der Waals surface area (Å²) >= 11 is 5.87. The van der Waals surface area contributed by atoms with E-state index in [1.54, 1.807) is 6.07 Å². The van der Waals surface area contributed by atoms with Gasteiger partial charge in [0.05, 0.1) is 0 Å². The Morgan fingerprint density at radius 3 is 2.83 bits per heavy atom. The molecule has 1 aromatic heterocycles. The second-order valence-electron chi connectivity index (χ2n) is 2.56. The van der Waals surface area contributed by atoms with Gasteiger partial charge in [0.15, 0.2) is 0 Å². The van der Waals surface area contributed by atoms with Crippen LogP contribution in [0.1, 0.15) is 0 Å². The zero-order valence-corrected chi connectivity index (χ0v) is 7.05. The molecule has 0 unspecified atom stereocenters. The molecule has 0 fully saturated rings. The van der Waals surface area contributed by atoms with Crippen molar-refractivity contribution < 1.29 is 0 Å². The summed E-state index contributed by atoms with van der Waals surface area (Å²) in [6.07, 6.45) is 0. The van der Waals surface area contributed by atoms with E-state index in [1.165, 1.54) is 0 Å². The fourth-order valence-electron chi connectivity index (χ4n) is 1.18. The van der Waals surface area contributed by atoms with Crippen LogP contribution in [-0.4, -0.2) is 4.98 Å². The highest BCUT2D eigenvalue weighted by Gasteiger charge is 1.99. The third-order valence-electron chi connectivity index (χ3n) is 1.71. The van der Waals surface area contributed by atoms with Gasteiger partial charge in [-0.15, -0.1) is 0 Å². The van der Waals surface area contributed by atoms with Crippen LogP contribution in [0.4, 0.5) is 5.82 Å². The van der Waals surface area contributed by atoms with Crippen LogP contribution in [0.15, 0.2) is 30.3 Å². The van der Waals surface area contributed by atoms with Gasteiger partial charge in [0.25, 0.3) is 0 Å². The molecule has 0 aliphatic heterocycles. The zero-order valence-electron chi connectivity index (χ0n) is 6.29. The molecule has 1 aromatic carbocycles.